The Morgan fingerprint density at radius 1 is 1.50 bits per heavy atom. The van der Waals surface area contributed by atoms with Crippen LogP contribution in [0.2, 0.25) is 0 Å². The number of thiophene rings is 1. The highest BCUT2D eigenvalue weighted by Crippen LogP contribution is 2.16. The maximum Gasteiger partial charge on any atom is 0.345 e. The van der Waals surface area contributed by atoms with Crippen molar-refractivity contribution in [2.24, 2.45) is 0 Å². The Balaban J connectivity index is 2.33. The van der Waals surface area contributed by atoms with Gasteiger partial charge in [0.25, 0.3) is 0 Å². The fraction of sp³-hybridized carbons (Fsp3) is 0.444. The van der Waals surface area contributed by atoms with Gasteiger partial charge in [-0.2, -0.15) is 0 Å². The first-order chi connectivity index (χ1) is 6.74. The van der Waals surface area contributed by atoms with E-state index in [-0.39, 0.29) is 0 Å². The van der Waals surface area contributed by atoms with Gasteiger partial charge in [0.2, 0.25) is 0 Å². The Kier molecular flexibility index (Phi) is 4.58. The topological polar surface area (TPSA) is 55.8 Å². The highest BCUT2D eigenvalue weighted by atomic mass is 32.1. The second-order valence-corrected chi connectivity index (χ2v) is 3.78. The van der Waals surface area contributed by atoms with Crippen molar-refractivity contribution in [1.82, 2.24) is 0 Å². The second kappa shape index (κ2) is 5.74. The second-order valence-electron chi connectivity index (χ2n) is 2.62. The van der Waals surface area contributed by atoms with Crippen LogP contribution in [-0.4, -0.2) is 31.4 Å². The SMILES string of the molecule is COCCOCc1ccc(C(=O)O)s1. The lowest BCUT2D eigenvalue weighted by molar-refractivity contribution is 0.0628. The minimum Gasteiger partial charge on any atom is -0.477 e. The van der Waals surface area contributed by atoms with E-state index in [0.29, 0.717) is 24.7 Å². The lowest BCUT2D eigenvalue weighted by Crippen LogP contribution is -2.00. The van der Waals surface area contributed by atoms with Gasteiger partial charge in [0.05, 0.1) is 19.8 Å². The first-order valence-corrected chi connectivity index (χ1v) is 4.94. The largest absolute Gasteiger partial charge is 0.477 e. The molecule has 0 bridgehead atoms. The van der Waals surface area contributed by atoms with E-state index in [1.54, 1.807) is 19.2 Å². The molecule has 5 heteroatoms. The van der Waals surface area contributed by atoms with Crippen LogP contribution in [0.3, 0.4) is 0 Å². The van der Waals surface area contributed by atoms with Crippen molar-refractivity contribution < 1.29 is 19.4 Å². The molecule has 0 fully saturated rings. The molecule has 1 N–H and O–H groups in total. The van der Waals surface area contributed by atoms with E-state index in [1.165, 1.54) is 11.3 Å². The zero-order chi connectivity index (χ0) is 10.4. The molecule has 0 aromatic carbocycles. The summed E-state index contributed by atoms with van der Waals surface area (Å²) in [4.78, 5) is 11.8. The number of carboxylic acid groups (broad SMARTS) is 1. The van der Waals surface area contributed by atoms with E-state index < -0.39 is 5.97 Å². The molecule has 0 atom stereocenters. The van der Waals surface area contributed by atoms with Gasteiger partial charge in [-0.3, -0.25) is 0 Å². The first-order valence-electron chi connectivity index (χ1n) is 4.12. The molecule has 0 aliphatic carbocycles. The van der Waals surface area contributed by atoms with Crippen molar-refractivity contribution in [3.05, 3.63) is 21.9 Å². The molecular weight excluding hydrogens is 204 g/mol. The summed E-state index contributed by atoms with van der Waals surface area (Å²) in [7, 11) is 1.61. The van der Waals surface area contributed by atoms with Crippen LogP contribution >= 0.6 is 11.3 Å². The molecule has 0 unspecified atom stereocenters. The molecule has 4 nitrogen and oxygen atoms in total. The predicted octanol–water partition coefficient (Wildman–Crippen LogP) is 1.61. The monoisotopic (exact) mass is 216 g/mol. The molecule has 1 aromatic rings. The summed E-state index contributed by atoms with van der Waals surface area (Å²) in [5, 5.41) is 8.66. The lowest BCUT2D eigenvalue weighted by atomic mass is 10.4. The van der Waals surface area contributed by atoms with Crippen LogP contribution in [0.5, 0.6) is 0 Å². The highest BCUT2D eigenvalue weighted by Gasteiger charge is 2.06. The average molecular weight is 216 g/mol. The Morgan fingerprint density at radius 3 is 2.86 bits per heavy atom. The van der Waals surface area contributed by atoms with Crippen LogP contribution in [0.4, 0.5) is 0 Å². The van der Waals surface area contributed by atoms with Crippen LogP contribution in [0.1, 0.15) is 14.5 Å². The van der Waals surface area contributed by atoms with Crippen LogP contribution < -0.4 is 0 Å². The molecule has 0 radical (unpaired) electrons. The Hall–Kier alpha value is -0.910. The highest BCUT2D eigenvalue weighted by molar-refractivity contribution is 7.13. The standard InChI is InChI=1S/C9H12O4S/c1-12-4-5-13-6-7-2-3-8(14-7)9(10)11/h2-3H,4-6H2,1H3,(H,10,11). The molecule has 78 valence electrons. The Bertz CT molecular complexity index is 295. The van der Waals surface area contributed by atoms with E-state index in [9.17, 15) is 4.79 Å². The third kappa shape index (κ3) is 3.45. The molecular formula is C9H12O4S. The fourth-order valence-corrected chi connectivity index (χ4v) is 1.67. The number of methoxy groups -OCH3 is 1. The zero-order valence-electron chi connectivity index (χ0n) is 7.86. The normalized spacial score (nSPS) is 10.4. The quantitative estimate of drug-likeness (QED) is 0.734. The molecule has 1 heterocycles. The molecule has 0 spiro atoms. The van der Waals surface area contributed by atoms with Gasteiger partial charge < -0.3 is 14.6 Å². The number of aromatic carboxylic acids is 1. The Labute approximate surface area is 86.1 Å². The molecule has 1 rings (SSSR count). The van der Waals surface area contributed by atoms with E-state index in [4.69, 9.17) is 14.6 Å². The van der Waals surface area contributed by atoms with Crippen molar-refractivity contribution in [2.75, 3.05) is 20.3 Å². The molecule has 0 aliphatic rings. The van der Waals surface area contributed by atoms with E-state index in [2.05, 4.69) is 0 Å². The van der Waals surface area contributed by atoms with Gasteiger partial charge in [0, 0.05) is 12.0 Å². The zero-order valence-corrected chi connectivity index (χ0v) is 8.67. The third-order valence-electron chi connectivity index (χ3n) is 1.55. The van der Waals surface area contributed by atoms with E-state index >= 15 is 0 Å². The van der Waals surface area contributed by atoms with Gasteiger partial charge in [-0.25, -0.2) is 4.79 Å². The Morgan fingerprint density at radius 2 is 2.29 bits per heavy atom. The molecule has 0 saturated carbocycles. The summed E-state index contributed by atoms with van der Waals surface area (Å²) in [5.41, 5.74) is 0. The number of hydrogen-bond donors (Lipinski definition) is 1. The maximum atomic E-state index is 10.5. The number of hydrogen-bond acceptors (Lipinski definition) is 4. The van der Waals surface area contributed by atoms with Crippen molar-refractivity contribution in [3.8, 4) is 0 Å². The van der Waals surface area contributed by atoms with E-state index in [0.717, 1.165) is 4.88 Å². The minimum atomic E-state index is -0.891. The molecule has 0 amide bonds. The smallest absolute Gasteiger partial charge is 0.345 e. The van der Waals surface area contributed by atoms with Crippen LogP contribution in [0.15, 0.2) is 12.1 Å². The van der Waals surface area contributed by atoms with Crippen molar-refractivity contribution in [2.45, 2.75) is 6.61 Å². The number of rotatable bonds is 6. The van der Waals surface area contributed by atoms with Crippen LogP contribution in [0, 0.1) is 0 Å². The summed E-state index contributed by atoms with van der Waals surface area (Å²) in [5.74, 6) is -0.891. The summed E-state index contributed by atoms with van der Waals surface area (Å²) >= 11 is 1.23. The lowest BCUT2D eigenvalue weighted by Gasteiger charge is -2.00. The average Bonchev–Trinajstić information content (AvgIpc) is 2.61. The molecule has 14 heavy (non-hydrogen) atoms. The van der Waals surface area contributed by atoms with Gasteiger partial charge in [-0.15, -0.1) is 11.3 Å². The summed E-state index contributed by atoms with van der Waals surface area (Å²) in [6.07, 6.45) is 0. The number of ether oxygens (including phenoxy) is 2. The van der Waals surface area contributed by atoms with E-state index in [1.807, 2.05) is 0 Å². The van der Waals surface area contributed by atoms with Crippen LogP contribution in [0.25, 0.3) is 0 Å². The van der Waals surface area contributed by atoms with Crippen molar-refractivity contribution >= 4 is 17.3 Å². The minimum absolute atomic E-state index is 0.343. The number of carboxylic acids is 1. The van der Waals surface area contributed by atoms with Crippen LogP contribution in [-0.2, 0) is 16.1 Å². The first kappa shape index (κ1) is 11.2. The third-order valence-corrected chi connectivity index (χ3v) is 2.60. The van der Waals surface area contributed by atoms with Gasteiger partial charge in [0.15, 0.2) is 0 Å². The summed E-state index contributed by atoms with van der Waals surface area (Å²) < 4.78 is 10.1. The molecule has 0 saturated heterocycles. The molecule has 1 aromatic heterocycles. The van der Waals surface area contributed by atoms with Gasteiger partial charge in [-0.05, 0) is 12.1 Å². The predicted molar refractivity (Wildman–Crippen MR) is 52.8 cm³/mol. The fourth-order valence-electron chi connectivity index (χ4n) is 0.885. The molecule has 0 aliphatic heterocycles. The summed E-state index contributed by atoms with van der Waals surface area (Å²) in [6.45, 7) is 1.52. The number of carbonyl (C=O) groups is 1. The van der Waals surface area contributed by atoms with Gasteiger partial charge in [-0.1, -0.05) is 0 Å². The van der Waals surface area contributed by atoms with Crippen molar-refractivity contribution in [1.29, 1.82) is 0 Å². The van der Waals surface area contributed by atoms with Gasteiger partial charge in [0.1, 0.15) is 4.88 Å². The van der Waals surface area contributed by atoms with Crippen molar-refractivity contribution in [3.63, 3.8) is 0 Å². The maximum absolute atomic E-state index is 10.5. The van der Waals surface area contributed by atoms with Gasteiger partial charge >= 0.3 is 5.97 Å². The summed E-state index contributed by atoms with van der Waals surface area (Å²) in [6, 6.07) is 3.35.